The first kappa shape index (κ1) is 13.6. The third kappa shape index (κ3) is 2.79. The van der Waals surface area contributed by atoms with Crippen molar-refractivity contribution in [2.75, 3.05) is 0 Å². The standard InChI is InChI=1S/C17H20O2/c1-16(2,3)17(18,14-10-6-4-7-11-14)19-15-12-8-5-9-13-15/h4-13,18H,1-3H3. The summed E-state index contributed by atoms with van der Waals surface area (Å²) < 4.78 is 5.91. The SMILES string of the molecule is CC(C)(C)C(O)(Oc1ccccc1)c1ccccc1. The molecule has 0 aliphatic carbocycles. The van der Waals surface area contributed by atoms with Crippen molar-refractivity contribution >= 4 is 0 Å². The second kappa shape index (κ2) is 5.06. The number of para-hydroxylation sites is 1. The van der Waals surface area contributed by atoms with Crippen LogP contribution in [0.15, 0.2) is 60.7 Å². The van der Waals surface area contributed by atoms with Crippen LogP contribution >= 0.6 is 0 Å². The highest BCUT2D eigenvalue weighted by Crippen LogP contribution is 2.40. The molecular formula is C17H20O2. The highest BCUT2D eigenvalue weighted by atomic mass is 16.6. The lowest BCUT2D eigenvalue weighted by Crippen LogP contribution is -2.45. The Bertz CT molecular complexity index is 514. The van der Waals surface area contributed by atoms with E-state index in [1.807, 2.05) is 81.4 Å². The van der Waals surface area contributed by atoms with Crippen molar-refractivity contribution in [2.45, 2.75) is 26.6 Å². The molecule has 1 N–H and O–H groups in total. The molecule has 0 aromatic heterocycles. The van der Waals surface area contributed by atoms with Crippen molar-refractivity contribution < 1.29 is 9.84 Å². The zero-order chi connectivity index (χ0) is 13.9. The molecule has 0 saturated carbocycles. The Morgan fingerprint density at radius 3 is 1.74 bits per heavy atom. The summed E-state index contributed by atoms with van der Waals surface area (Å²) in [6.45, 7) is 5.88. The van der Waals surface area contributed by atoms with E-state index in [0.717, 1.165) is 5.56 Å². The van der Waals surface area contributed by atoms with Gasteiger partial charge in [0.2, 0.25) is 5.79 Å². The molecule has 0 fully saturated rings. The minimum Gasteiger partial charge on any atom is -0.458 e. The van der Waals surface area contributed by atoms with E-state index in [0.29, 0.717) is 5.75 Å². The number of benzene rings is 2. The van der Waals surface area contributed by atoms with Crippen molar-refractivity contribution in [1.29, 1.82) is 0 Å². The monoisotopic (exact) mass is 256 g/mol. The maximum absolute atomic E-state index is 11.1. The molecule has 2 aromatic carbocycles. The fourth-order valence-corrected chi connectivity index (χ4v) is 1.97. The number of rotatable bonds is 3. The molecule has 0 amide bonds. The Labute approximate surface area is 114 Å². The highest BCUT2D eigenvalue weighted by molar-refractivity contribution is 5.27. The van der Waals surface area contributed by atoms with Crippen molar-refractivity contribution in [3.05, 3.63) is 66.2 Å². The zero-order valence-electron chi connectivity index (χ0n) is 11.6. The molecule has 0 spiro atoms. The molecule has 0 aliphatic heterocycles. The molecule has 0 radical (unpaired) electrons. The summed E-state index contributed by atoms with van der Waals surface area (Å²) in [6.07, 6.45) is 0. The smallest absolute Gasteiger partial charge is 0.239 e. The Hall–Kier alpha value is -1.80. The molecule has 2 nitrogen and oxygen atoms in total. The molecule has 0 bridgehead atoms. The Morgan fingerprint density at radius 2 is 1.26 bits per heavy atom. The molecule has 19 heavy (non-hydrogen) atoms. The Kier molecular flexibility index (Phi) is 3.63. The van der Waals surface area contributed by atoms with Gasteiger partial charge in [-0.1, -0.05) is 69.3 Å². The van der Waals surface area contributed by atoms with E-state index in [4.69, 9.17) is 4.74 Å². The Balaban J connectivity index is 2.42. The molecule has 0 aliphatic rings. The van der Waals surface area contributed by atoms with Gasteiger partial charge in [-0.05, 0) is 12.1 Å². The minimum absolute atomic E-state index is 0.454. The van der Waals surface area contributed by atoms with Gasteiger partial charge in [0.15, 0.2) is 0 Å². The van der Waals surface area contributed by atoms with Crippen LogP contribution in [0.5, 0.6) is 5.75 Å². The number of ether oxygens (including phenoxy) is 1. The lowest BCUT2D eigenvalue weighted by atomic mass is 9.81. The van der Waals surface area contributed by atoms with E-state index in [-0.39, 0.29) is 0 Å². The molecular weight excluding hydrogens is 236 g/mol. The van der Waals surface area contributed by atoms with Gasteiger partial charge in [-0.3, -0.25) is 0 Å². The van der Waals surface area contributed by atoms with Crippen molar-refractivity contribution in [3.63, 3.8) is 0 Å². The fourth-order valence-electron chi connectivity index (χ4n) is 1.97. The maximum atomic E-state index is 11.1. The first-order chi connectivity index (χ1) is 8.93. The van der Waals surface area contributed by atoms with Gasteiger partial charge in [0.05, 0.1) is 0 Å². The second-order valence-electron chi connectivity index (χ2n) is 5.68. The van der Waals surface area contributed by atoms with Crippen LogP contribution in [0.3, 0.4) is 0 Å². The van der Waals surface area contributed by atoms with Crippen LogP contribution in [-0.4, -0.2) is 5.11 Å². The normalized spacial score (nSPS) is 14.7. The summed E-state index contributed by atoms with van der Waals surface area (Å²) in [6, 6.07) is 18.9. The third-order valence-electron chi connectivity index (χ3n) is 3.19. The summed E-state index contributed by atoms with van der Waals surface area (Å²) in [5.41, 5.74) is 0.302. The lowest BCUT2D eigenvalue weighted by Gasteiger charge is -2.40. The number of aliphatic hydroxyl groups is 1. The van der Waals surface area contributed by atoms with E-state index in [1.54, 1.807) is 0 Å². The van der Waals surface area contributed by atoms with Crippen molar-refractivity contribution in [3.8, 4) is 5.75 Å². The number of hydrogen-bond donors (Lipinski definition) is 1. The second-order valence-corrected chi connectivity index (χ2v) is 5.68. The minimum atomic E-state index is -1.37. The van der Waals surface area contributed by atoms with E-state index in [1.165, 1.54) is 0 Å². The van der Waals surface area contributed by atoms with Gasteiger partial charge in [0.1, 0.15) is 5.75 Å². The van der Waals surface area contributed by atoms with Crippen LogP contribution in [0.25, 0.3) is 0 Å². The van der Waals surface area contributed by atoms with E-state index in [2.05, 4.69) is 0 Å². The van der Waals surface area contributed by atoms with Crippen molar-refractivity contribution in [1.82, 2.24) is 0 Å². The van der Waals surface area contributed by atoms with Gasteiger partial charge in [0.25, 0.3) is 0 Å². The van der Waals surface area contributed by atoms with Crippen LogP contribution in [0.4, 0.5) is 0 Å². The van der Waals surface area contributed by atoms with Crippen molar-refractivity contribution in [2.24, 2.45) is 5.41 Å². The van der Waals surface area contributed by atoms with Crippen LogP contribution in [0.1, 0.15) is 26.3 Å². The zero-order valence-corrected chi connectivity index (χ0v) is 11.6. The molecule has 2 heteroatoms. The Morgan fingerprint density at radius 1 is 0.789 bits per heavy atom. The van der Waals surface area contributed by atoms with Gasteiger partial charge in [-0.2, -0.15) is 0 Å². The van der Waals surface area contributed by atoms with E-state index >= 15 is 0 Å². The van der Waals surface area contributed by atoms with Gasteiger partial charge >= 0.3 is 0 Å². The van der Waals surface area contributed by atoms with Crippen LogP contribution in [0.2, 0.25) is 0 Å². The predicted molar refractivity (Wildman–Crippen MR) is 76.9 cm³/mol. The highest BCUT2D eigenvalue weighted by Gasteiger charge is 2.44. The molecule has 1 atom stereocenters. The molecule has 0 heterocycles. The maximum Gasteiger partial charge on any atom is 0.239 e. The van der Waals surface area contributed by atoms with Gasteiger partial charge < -0.3 is 9.84 Å². The van der Waals surface area contributed by atoms with Gasteiger partial charge in [0, 0.05) is 11.0 Å². The summed E-state index contributed by atoms with van der Waals surface area (Å²) in [7, 11) is 0. The molecule has 1 unspecified atom stereocenters. The van der Waals surface area contributed by atoms with E-state index in [9.17, 15) is 5.11 Å². The lowest BCUT2D eigenvalue weighted by molar-refractivity contribution is -0.216. The largest absolute Gasteiger partial charge is 0.458 e. The van der Waals surface area contributed by atoms with Crippen LogP contribution in [0, 0.1) is 5.41 Å². The fraction of sp³-hybridized carbons (Fsp3) is 0.294. The van der Waals surface area contributed by atoms with Crippen LogP contribution in [-0.2, 0) is 5.79 Å². The molecule has 2 rings (SSSR count). The molecule has 100 valence electrons. The topological polar surface area (TPSA) is 29.5 Å². The van der Waals surface area contributed by atoms with Gasteiger partial charge in [-0.25, -0.2) is 0 Å². The van der Waals surface area contributed by atoms with E-state index < -0.39 is 11.2 Å². The third-order valence-corrected chi connectivity index (χ3v) is 3.19. The predicted octanol–water partition coefficient (Wildman–Crippen LogP) is 3.96. The summed E-state index contributed by atoms with van der Waals surface area (Å²) in [5, 5.41) is 11.1. The summed E-state index contributed by atoms with van der Waals surface area (Å²) in [5.74, 6) is -0.709. The quantitative estimate of drug-likeness (QED) is 0.842. The average molecular weight is 256 g/mol. The summed E-state index contributed by atoms with van der Waals surface area (Å²) >= 11 is 0. The summed E-state index contributed by atoms with van der Waals surface area (Å²) in [4.78, 5) is 0. The first-order valence-corrected chi connectivity index (χ1v) is 6.45. The van der Waals surface area contributed by atoms with Crippen LogP contribution < -0.4 is 4.74 Å². The molecule has 0 saturated heterocycles. The first-order valence-electron chi connectivity index (χ1n) is 6.45. The molecule has 2 aromatic rings. The van der Waals surface area contributed by atoms with Gasteiger partial charge in [-0.15, -0.1) is 0 Å². The number of hydrogen-bond acceptors (Lipinski definition) is 2. The average Bonchev–Trinajstić information content (AvgIpc) is 2.39.